The lowest BCUT2D eigenvalue weighted by molar-refractivity contribution is -0.134. The highest BCUT2D eigenvalue weighted by Gasteiger charge is 2.49. The lowest BCUT2D eigenvalue weighted by Gasteiger charge is -2.22. The molecular formula is C19H19N3O5S. The van der Waals surface area contributed by atoms with Gasteiger partial charge in [-0.2, -0.15) is 0 Å². The van der Waals surface area contributed by atoms with Gasteiger partial charge in [0.1, 0.15) is 12.1 Å². The molecule has 1 saturated heterocycles. The highest BCUT2D eigenvalue weighted by atomic mass is 32.1. The first kappa shape index (κ1) is 18.3. The normalized spacial score (nSPS) is 20.4. The number of carbonyl (C=O) groups is 3. The summed E-state index contributed by atoms with van der Waals surface area (Å²) in [5.41, 5.74) is -0.703. The van der Waals surface area contributed by atoms with Crippen LogP contribution < -0.4 is 20.1 Å². The third-order valence-electron chi connectivity index (χ3n) is 4.80. The van der Waals surface area contributed by atoms with Crippen LogP contribution in [-0.4, -0.2) is 42.6 Å². The summed E-state index contributed by atoms with van der Waals surface area (Å²) in [6.45, 7) is 1.85. The molecule has 2 N–H and O–H groups in total. The number of hydrogen-bond donors (Lipinski definition) is 2. The van der Waals surface area contributed by atoms with Crippen molar-refractivity contribution < 1.29 is 23.9 Å². The van der Waals surface area contributed by atoms with E-state index in [9.17, 15) is 14.4 Å². The number of nitrogens with one attached hydrogen (secondary N) is 2. The van der Waals surface area contributed by atoms with Crippen molar-refractivity contribution in [2.24, 2.45) is 0 Å². The highest BCUT2D eigenvalue weighted by Crippen LogP contribution is 2.37. The zero-order valence-corrected chi connectivity index (χ0v) is 16.0. The van der Waals surface area contributed by atoms with Gasteiger partial charge in [-0.25, -0.2) is 4.79 Å². The maximum atomic E-state index is 12.9. The Morgan fingerprint density at radius 3 is 2.89 bits per heavy atom. The molecule has 1 fully saturated rings. The molecule has 0 saturated carbocycles. The third kappa shape index (κ3) is 3.29. The predicted octanol–water partition coefficient (Wildman–Crippen LogP) is 1.60. The second kappa shape index (κ2) is 7.16. The van der Waals surface area contributed by atoms with Gasteiger partial charge in [-0.1, -0.05) is 12.1 Å². The molecule has 4 rings (SSSR count). The lowest BCUT2D eigenvalue weighted by Crippen LogP contribution is -2.43. The number of nitrogens with zero attached hydrogens (tertiary/aromatic N) is 1. The number of amides is 4. The number of urea groups is 1. The van der Waals surface area contributed by atoms with Crippen LogP contribution in [0.5, 0.6) is 11.5 Å². The fourth-order valence-corrected chi connectivity index (χ4v) is 3.93. The lowest BCUT2D eigenvalue weighted by atomic mass is 9.91. The number of fused-ring (bicyclic) bond motifs is 1. The van der Waals surface area contributed by atoms with Crippen molar-refractivity contribution in [1.29, 1.82) is 0 Å². The number of thiophene rings is 1. The standard InChI is InChI=1S/C19H19N3O5S/c1-19(12-4-5-14-15(9-12)27-11-26-14)17(24)22(18(25)21-19)10-16(23)20-7-6-13-3-2-8-28-13/h2-5,8-9H,6-7,10-11H2,1H3,(H,20,23)(H,21,25). The van der Waals surface area contributed by atoms with Gasteiger partial charge in [0.05, 0.1) is 0 Å². The van der Waals surface area contributed by atoms with Gasteiger partial charge < -0.3 is 20.1 Å². The first-order valence-corrected chi connectivity index (χ1v) is 9.68. The number of benzene rings is 1. The Bertz CT molecular complexity index is 930. The molecule has 2 aromatic rings. The van der Waals surface area contributed by atoms with Crippen LogP contribution in [-0.2, 0) is 21.5 Å². The van der Waals surface area contributed by atoms with E-state index < -0.39 is 17.5 Å². The van der Waals surface area contributed by atoms with Crippen LogP contribution in [0.2, 0.25) is 0 Å². The molecule has 28 heavy (non-hydrogen) atoms. The maximum absolute atomic E-state index is 12.9. The number of rotatable bonds is 6. The van der Waals surface area contributed by atoms with Crippen LogP contribution in [0.4, 0.5) is 4.79 Å². The van der Waals surface area contributed by atoms with Gasteiger partial charge in [0.15, 0.2) is 11.5 Å². The number of carbonyl (C=O) groups excluding carboxylic acids is 3. The molecule has 0 bridgehead atoms. The molecule has 1 aromatic carbocycles. The Hall–Kier alpha value is -3.07. The molecule has 0 radical (unpaired) electrons. The smallest absolute Gasteiger partial charge is 0.325 e. The SMILES string of the molecule is CC1(c2ccc3c(c2)OCO3)NC(=O)N(CC(=O)NCCc2cccs2)C1=O. The summed E-state index contributed by atoms with van der Waals surface area (Å²) in [4.78, 5) is 39.6. The molecule has 2 aliphatic heterocycles. The summed E-state index contributed by atoms with van der Waals surface area (Å²) < 4.78 is 10.6. The van der Waals surface area contributed by atoms with E-state index >= 15 is 0 Å². The number of imide groups is 1. The molecule has 8 nitrogen and oxygen atoms in total. The van der Waals surface area contributed by atoms with E-state index in [0.29, 0.717) is 30.0 Å². The average molecular weight is 401 g/mol. The topological polar surface area (TPSA) is 97.0 Å². The van der Waals surface area contributed by atoms with Gasteiger partial charge in [0.25, 0.3) is 5.91 Å². The molecule has 2 aliphatic rings. The summed E-state index contributed by atoms with van der Waals surface area (Å²) in [7, 11) is 0. The van der Waals surface area contributed by atoms with E-state index in [4.69, 9.17) is 9.47 Å². The van der Waals surface area contributed by atoms with Crippen LogP contribution >= 0.6 is 11.3 Å². The molecule has 0 aliphatic carbocycles. The molecule has 9 heteroatoms. The Balaban J connectivity index is 1.41. The largest absolute Gasteiger partial charge is 0.454 e. The van der Waals surface area contributed by atoms with E-state index in [1.54, 1.807) is 36.5 Å². The van der Waals surface area contributed by atoms with Crippen LogP contribution in [0.15, 0.2) is 35.7 Å². The molecule has 1 aromatic heterocycles. The van der Waals surface area contributed by atoms with Gasteiger partial charge >= 0.3 is 6.03 Å². The van der Waals surface area contributed by atoms with Gasteiger partial charge in [-0.15, -0.1) is 11.3 Å². The van der Waals surface area contributed by atoms with Crippen molar-refractivity contribution in [3.63, 3.8) is 0 Å². The predicted molar refractivity (Wildman–Crippen MR) is 101 cm³/mol. The minimum absolute atomic E-state index is 0.119. The van der Waals surface area contributed by atoms with E-state index in [-0.39, 0.29) is 19.2 Å². The first-order chi connectivity index (χ1) is 13.5. The maximum Gasteiger partial charge on any atom is 0.325 e. The van der Waals surface area contributed by atoms with Gasteiger partial charge in [0.2, 0.25) is 12.7 Å². The summed E-state index contributed by atoms with van der Waals surface area (Å²) >= 11 is 1.61. The molecule has 0 spiro atoms. The van der Waals surface area contributed by atoms with Crippen molar-refractivity contribution in [2.75, 3.05) is 19.9 Å². The monoisotopic (exact) mass is 401 g/mol. The summed E-state index contributed by atoms with van der Waals surface area (Å²) in [6, 6.07) is 8.42. The van der Waals surface area contributed by atoms with Crippen molar-refractivity contribution in [3.05, 3.63) is 46.2 Å². The van der Waals surface area contributed by atoms with Crippen LogP contribution in [0, 0.1) is 0 Å². The second-order valence-electron chi connectivity index (χ2n) is 6.69. The Morgan fingerprint density at radius 2 is 2.11 bits per heavy atom. The number of ether oxygens (including phenoxy) is 2. The van der Waals surface area contributed by atoms with Crippen LogP contribution in [0.1, 0.15) is 17.4 Å². The zero-order valence-electron chi connectivity index (χ0n) is 15.2. The van der Waals surface area contributed by atoms with Crippen LogP contribution in [0.25, 0.3) is 0 Å². The van der Waals surface area contributed by atoms with Gasteiger partial charge in [0, 0.05) is 11.4 Å². The van der Waals surface area contributed by atoms with Crippen LogP contribution in [0.3, 0.4) is 0 Å². The summed E-state index contributed by atoms with van der Waals surface area (Å²) in [6.07, 6.45) is 0.707. The molecule has 3 heterocycles. The average Bonchev–Trinajstić information content (AvgIpc) is 3.39. The summed E-state index contributed by atoms with van der Waals surface area (Å²) in [5.74, 6) is 0.247. The fraction of sp³-hybridized carbons (Fsp3) is 0.316. The fourth-order valence-electron chi connectivity index (χ4n) is 3.22. The minimum Gasteiger partial charge on any atom is -0.454 e. The molecule has 4 amide bonds. The third-order valence-corrected chi connectivity index (χ3v) is 5.74. The summed E-state index contributed by atoms with van der Waals surface area (Å²) in [5, 5.41) is 7.41. The van der Waals surface area contributed by atoms with E-state index in [1.165, 1.54) is 0 Å². The molecule has 146 valence electrons. The van der Waals surface area contributed by atoms with E-state index in [0.717, 1.165) is 9.78 Å². The highest BCUT2D eigenvalue weighted by molar-refractivity contribution is 7.09. The molecular weight excluding hydrogens is 382 g/mol. The Kier molecular flexibility index (Phi) is 4.68. The van der Waals surface area contributed by atoms with Crippen molar-refractivity contribution >= 4 is 29.2 Å². The van der Waals surface area contributed by atoms with E-state index in [1.807, 2.05) is 17.5 Å². The van der Waals surface area contributed by atoms with Crippen molar-refractivity contribution in [1.82, 2.24) is 15.5 Å². The van der Waals surface area contributed by atoms with E-state index in [2.05, 4.69) is 10.6 Å². The van der Waals surface area contributed by atoms with Gasteiger partial charge in [-0.05, 0) is 42.5 Å². The zero-order chi connectivity index (χ0) is 19.7. The Morgan fingerprint density at radius 1 is 1.29 bits per heavy atom. The second-order valence-corrected chi connectivity index (χ2v) is 7.73. The molecule has 1 atom stereocenters. The minimum atomic E-state index is -1.27. The first-order valence-electron chi connectivity index (χ1n) is 8.81. The Labute approximate surface area is 165 Å². The van der Waals surface area contributed by atoms with Gasteiger partial charge in [-0.3, -0.25) is 14.5 Å². The number of hydrogen-bond acceptors (Lipinski definition) is 6. The van der Waals surface area contributed by atoms with Crippen molar-refractivity contribution in [3.8, 4) is 11.5 Å². The quantitative estimate of drug-likeness (QED) is 0.717. The van der Waals surface area contributed by atoms with Crippen molar-refractivity contribution in [2.45, 2.75) is 18.9 Å². The molecule has 1 unspecified atom stereocenters.